The number of nitrogens with zero attached hydrogens (tertiary/aromatic N) is 3. The van der Waals surface area contributed by atoms with Crippen molar-refractivity contribution >= 4 is 17.5 Å². The van der Waals surface area contributed by atoms with Gasteiger partial charge >= 0.3 is 0 Å². The van der Waals surface area contributed by atoms with Gasteiger partial charge in [0.25, 0.3) is 5.91 Å². The highest BCUT2D eigenvalue weighted by Gasteiger charge is 2.21. The standard InChI is InChI=1S/C19H25ClN4O2/c1-12(2)18-21-10-14(20)17(23-18)19(25)22-11-15(24(3)4)13-8-6-7-9-16(13)26-5/h6-10,12,15H,11H2,1-5H3,(H,22,25). The van der Waals surface area contributed by atoms with Crippen molar-refractivity contribution in [1.82, 2.24) is 20.2 Å². The van der Waals surface area contributed by atoms with Gasteiger partial charge in [-0.2, -0.15) is 0 Å². The zero-order valence-electron chi connectivity index (χ0n) is 15.8. The number of carbonyl (C=O) groups is 1. The number of amides is 1. The summed E-state index contributed by atoms with van der Waals surface area (Å²) in [6.45, 7) is 4.33. The summed E-state index contributed by atoms with van der Waals surface area (Å²) in [7, 11) is 5.55. The summed E-state index contributed by atoms with van der Waals surface area (Å²) in [5.41, 5.74) is 1.19. The second kappa shape index (κ2) is 8.96. The molecule has 1 unspecified atom stereocenters. The molecule has 0 aliphatic rings. The van der Waals surface area contributed by atoms with Crippen LogP contribution in [0.2, 0.25) is 5.02 Å². The third kappa shape index (κ3) is 4.71. The highest BCUT2D eigenvalue weighted by atomic mass is 35.5. The molecule has 7 heteroatoms. The predicted molar refractivity (Wildman–Crippen MR) is 103 cm³/mol. The van der Waals surface area contributed by atoms with E-state index in [1.807, 2.05) is 57.1 Å². The number of carbonyl (C=O) groups excluding carboxylic acids is 1. The molecular weight excluding hydrogens is 352 g/mol. The van der Waals surface area contributed by atoms with Crippen LogP contribution in [0.15, 0.2) is 30.5 Å². The first kappa shape index (κ1) is 20.1. The van der Waals surface area contributed by atoms with Crippen molar-refractivity contribution in [2.45, 2.75) is 25.8 Å². The van der Waals surface area contributed by atoms with Gasteiger partial charge in [-0.05, 0) is 20.2 Å². The zero-order chi connectivity index (χ0) is 19.3. The lowest BCUT2D eigenvalue weighted by Crippen LogP contribution is -2.35. The van der Waals surface area contributed by atoms with Crippen LogP contribution in [0, 0.1) is 0 Å². The van der Waals surface area contributed by atoms with Crippen LogP contribution in [-0.2, 0) is 0 Å². The fourth-order valence-electron chi connectivity index (χ4n) is 2.60. The molecule has 26 heavy (non-hydrogen) atoms. The highest BCUT2D eigenvalue weighted by Crippen LogP contribution is 2.27. The molecule has 0 spiro atoms. The maximum atomic E-state index is 12.6. The minimum atomic E-state index is -0.318. The van der Waals surface area contributed by atoms with Crippen molar-refractivity contribution in [1.29, 1.82) is 0 Å². The highest BCUT2D eigenvalue weighted by molar-refractivity contribution is 6.33. The number of ether oxygens (including phenoxy) is 1. The third-order valence-electron chi connectivity index (χ3n) is 4.07. The topological polar surface area (TPSA) is 67.3 Å². The van der Waals surface area contributed by atoms with Gasteiger partial charge in [-0.1, -0.05) is 43.6 Å². The summed E-state index contributed by atoms with van der Waals surface area (Å²) in [6, 6.07) is 7.71. The molecule has 0 aliphatic carbocycles. The third-order valence-corrected chi connectivity index (χ3v) is 4.35. The van der Waals surface area contributed by atoms with Crippen molar-refractivity contribution in [3.63, 3.8) is 0 Å². The molecule has 0 fully saturated rings. The van der Waals surface area contributed by atoms with Gasteiger partial charge in [-0.25, -0.2) is 9.97 Å². The number of methoxy groups -OCH3 is 1. The summed E-state index contributed by atoms with van der Waals surface area (Å²) in [5.74, 6) is 1.17. The number of para-hydroxylation sites is 1. The van der Waals surface area contributed by atoms with Crippen LogP contribution in [0.3, 0.4) is 0 Å². The first-order valence-electron chi connectivity index (χ1n) is 8.45. The van der Waals surface area contributed by atoms with Crippen LogP contribution < -0.4 is 10.1 Å². The summed E-state index contributed by atoms with van der Waals surface area (Å²) >= 11 is 6.12. The van der Waals surface area contributed by atoms with Crippen molar-refractivity contribution in [3.8, 4) is 5.75 Å². The fraction of sp³-hybridized carbons (Fsp3) is 0.421. The molecule has 1 N–H and O–H groups in total. The van der Waals surface area contributed by atoms with Crippen LogP contribution in [0.25, 0.3) is 0 Å². The quantitative estimate of drug-likeness (QED) is 0.803. The molecule has 140 valence electrons. The van der Waals surface area contributed by atoms with Gasteiger partial charge in [0.2, 0.25) is 0 Å². The largest absolute Gasteiger partial charge is 0.496 e. The number of hydrogen-bond acceptors (Lipinski definition) is 5. The predicted octanol–water partition coefficient (Wildman–Crippen LogP) is 3.29. The molecule has 1 heterocycles. The Labute approximate surface area is 159 Å². The Balaban J connectivity index is 2.19. The maximum absolute atomic E-state index is 12.6. The minimum Gasteiger partial charge on any atom is -0.496 e. The monoisotopic (exact) mass is 376 g/mol. The summed E-state index contributed by atoms with van der Waals surface area (Å²) in [4.78, 5) is 23.1. The van der Waals surface area contributed by atoms with E-state index >= 15 is 0 Å². The number of nitrogens with one attached hydrogen (secondary N) is 1. The van der Waals surface area contributed by atoms with Crippen LogP contribution >= 0.6 is 11.6 Å². The van der Waals surface area contributed by atoms with E-state index in [-0.39, 0.29) is 28.6 Å². The van der Waals surface area contributed by atoms with Crippen LogP contribution in [0.5, 0.6) is 5.75 Å². The van der Waals surface area contributed by atoms with E-state index < -0.39 is 0 Å². The Kier molecular flexibility index (Phi) is 6.94. The summed E-state index contributed by atoms with van der Waals surface area (Å²) in [6.07, 6.45) is 1.47. The molecule has 2 rings (SSSR count). The van der Waals surface area contributed by atoms with Gasteiger partial charge in [0.15, 0.2) is 0 Å². The van der Waals surface area contributed by atoms with Crippen LogP contribution in [0.4, 0.5) is 0 Å². The van der Waals surface area contributed by atoms with E-state index in [0.29, 0.717) is 12.4 Å². The van der Waals surface area contributed by atoms with E-state index in [9.17, 15) is 4.79 Å². The molecule has 0 radical (unpaired) electrons. The molecule has 1 atom stereocenters. The maximum Gasteiger partial charge on any atom is 0.271 e. The normalized spacial score (nSPS) is 12.3. The number of aromatic nitrogens is 2. The molecule has 6 nitrogen and oxygen atoms in total. The molecule has 0 bridgehead atoms. The van der Waals surface area contributed by atoms with Crippen LogP contribution in [0.1, 0.15) is 47.7 Å². The van der Waals surface area contributed by atoms with Gasteiger partial charge in [0.05, 0.1) is 24.4 Å². The second-order valence-corrected chi connectivity index (χ2v) is 6.92. The lowest BCUT2D eigenvalue weighted by molar-refractivity contribution is 0.0936. The number of benzene rings is 1. The van der Waals surface area contributed by atoms with Crippen molar-refractivity contribution in [3.05, 3.63) is 52.6 Å². The molecular formula is C19H25ClN4O2. The molecule has 2 aromatic rings. The average Bonchev–Trinajstić information content (AvgIpc) is 2.61. The smallest absolute Gasteiger partial charge is 0.271 e. The van der Waals surface area contributed by atoms with Gasteiger partial charge in [-0.15, -0.1) is 0 Å². The number of hydrogen-bond donors (Lipinski definition) is 1. The molecule has 1 aromatic carbocycles. The van der Waals surface area contributed by atoms with E-state index in [1.165, 1.54) is 6.20 Å². The Hall–Kier alpha value is -2.18. The van der Waals surface area contributed by atoms with Gasteiger partial charge in [0.1, 0.15) is 17.3 Å². The lowest BCUT2D eigenvalue weighted by atomic mass is 10.0. The second-order valence-electron chi connectivity index (χ2n) is 6.51. The molecule has 1 aromatic heterocycles. The van der Waals surface area contributed by atoms with Gasteiger partial charge in [-0.3, -0.25) is 4.79 Å². The zero-order valence-corrected chi connectivity index (χ0v) is 16.5. The minimum absolute atomic E-state index is 0.0553. The van der Waals surface area contributed by atoms with Gasteiger partial charge in [0, 0.05) is 18.0 Å². The number of halogens is 1. The van der Waals surface area contributed by atoms with Crippen molar-refractivity contribution in [2.24, 2.45) is 0 Å². The van der Waals surface area contributed by atoms with E-state index in [4.69, 9.17) is 16.3 Å². The summed E-state index contributed by atoms with van der Waals surface area (Å²) < 4.78 is 5.45. The first-order chi connectivity index (χ1) is 12.3. The summed E-state index contributed by atoms with van der Waals surface area (Å²) in [5, 5.41) is 3.17. The fourth-order valence-corrected chi connectivity index (χ4v) is 2.78. The first-order valence-corrected chi connectivity index (χ1v) is 8.82. The van der Waals surface area contributed by atoms with E-state index in [0.717, 1.165) is 11.3 Å². The van der Waals surface area contributed by atoms with Crippen LogP contribution in [-0.4, -0.2) is 48.5 Å². The van der Waals surface area contributed by atoms with E-state index in [2.05, 4.69) is 15.3 Å². The average molecular weight is 377 g/mol. The number of likely N-dealkylation sites (N-methyl/N-ethyl adjacent to an activating group) is 1. The lowest BCUT2D eigenvalue weighted by Gasteiger charge is -2.26. The molecule has 0 saturated carbocycles. The Morgan fingerprint density at radius 3 is 2.62 bits per heavy atom. The Morgan fingerprint density at radius 2 is 2.00 bits per heavy atom. The van der Waals surface area contributed by atoms with Crippen molar-refractivity contribution in [2.75, 3.05) is 27.7 Å². The molecule has 0 aliphatic heterocycles. The number of rotatable bonds is 7. The Bertz CT molecular complexity index is 765. The van der Waals surface area contributed by atoms with Gasteiger partial charge < -0.3 is 15.0 Å². The Morgan fingerprint density at radius 1 is 1.31 bits per heavy atom. The molecule has 1 amide bonds. The molecule has 0 saturated heterocycles. The SMILES string of the molecule is COc1ccccc1C(CNC(=O)c1nc(C(C)C)ncc1Cl)N(C)C. The van der Waals surface area contributed by atoms with E-state index in [1.54, 1.807) is 7.11 Å². The van der Waals surface area contributed by atoms with Crippen molar-refractivity contribution < 1.29 is 9.53 Å².